The number of hydrogen-bond donors (Lipinski definition) is 2. The van der Waals surface area contributed by atoms with E-state index in [0.29, 0.717) is 29.1 Å². The van der Waals surface area contributed by atoms with Crippen molar-refractivity contribution in [3.05, 3.63) is 69.4 Å². The highest BCUT2D eigenvalue weighted by Crippen LogP contribution is 2.32. The zero-order valence-electron chi connectivity index (χ0n) is 18.1. The van der Waals surface area contributed by atoms with Gasteiger partial charge >= 0.3 is 5.97 Å². The fourth-order valence-corrected chi connectivity index (χ4v) is 4.29. The van der Waals surface area contributed by atoms with Crippen molar-refractivity contribution in [2.75, 3.05) is 23.3 Å². The maximum Gasteiger partial charge on any atom is 0.337 e. The number of nitrogens with zero attached hydrogens (tertiary/aromatic N) is 2. The lowest BCUT2D eigenvalue weighted by molar-refractivity contribution is 0.0698. The number of aromatic carboxylic acids is 1. The molecule has 0 aliphatic carbocycles. The van der Waals surface area contributed by atoms with Crippen LogP contribution in [0.1, 0.15) is 47.3 Å². The lowest BCUT2D eigenvalue weighted by Crippen LogP contribution is -2.35. The summed E-state index contributed by atoms with van der Waals surface area (Å²) in [6.07, 6.45) is 1.71. The summed E-state index contributed by atoms with van der Waals surface area (Å²) in [5.74, 6) is -0.638. The van der Waals surface area contributed by atoms with E-state index in [1.165, 1.54) is 6.07 Å². The van der Waals surface area contributed by atoms with E-state index in [1.807, 2.05) is 24.8 Å². The second-order valence-electron chi connectivity index (χ2n) is 8.31. The smallest absolute Gasteiger partial charge is 0.337 e. The molecule has 0 spiro atoms. The molecule has 1 aliphatic rings. The third-order valence-corrected chi connectivity index (χ3v) is 5.90. The molecule has 0 amide bonds. The van der Waals surface area contributed by atoms with Crippen molar-refractivity contribution < 1.29 is 14.3 Å². The molecule has 2 N–H and O–H groups in total. The Morgan fingerprint density at radius 2 is 2.09 bits per heavy atom. The fraction of sp³-hybridized carbons (Fsp3) is 0.320. The van der Waals surface area contributed by atoms with Gasteiger partial charge in [-0.1, -0.05) is 18.2 Å². The Bertz CT molecular complexity index is 1270. The molecule has 3 aromatic rings. The third kappa shape index (κ3) is 4.17. The largest absolute Gasteiger partial charge is 0.478 e. The van der Waals surface area contributed by atoms with Crippen molar-refractivity contribution in [3.8, 4) is 6.07 Å². The summed E-state index contributed by atoms with van der Waals surface area (Å²) in [4.78, 5) is 26.5. The predicted molar refractivity (Wildman–Crippen MR) is 123 cm³/mol. The van der Waals surface area contributed by atoms with Crippen LogP contribution in [0.25, 0.3) is 11.0 Å². The van der Waals surface area contributed by atoms with Crippen LogP contribution in [-0.4, -0.2) is 24.2 Å². The molecule has 0 bridgehead atoms. The molecule has 7 nitrogen and oxygen atoms in total. The second kappa shape index (κ2) is 8.75. The summed E-state index contributed by atoms with van der Waals surface area (Å²) >= 11 is 0. The average molecular weight is 431 g/mol. The van der Waals surface area contributed by atoms with E-state index in [2.05, 4.69) is 11.4 Å². The molecule has 1 aromatic heterocycles. The Morgan fingerprint density at radius 1 is 1.31 bits per heavy atom. The van der Waals surface area contributed by atoms with Gasteiger partial charge in [0.25, 0.3) is 0 Å². The van der Waals surface area contributed by atoms with E-state index in [0.717, 1.165) is 30.5 Å². The quantitative estimate of drug-likeness (QED) is 0.602. The molecule has 1 fully saturated rings. The maximum atomic E-state index is 13.0. The average Bonchev–Trinajstić information content (AvgIpc) is 2.79. The lowest BCUT2D eigenvalue weighted by atomic mass is 9.99. The number of fused-ring (bicyclic) bond motifs is 1. The van der Waals surface area contributed by atoms with Gasteiger partial charge in [0.05, 0.1) is 29.0 Å². The first-order valence-electron chi connectivity index (χ1n) is 10.7. The van der Waals surface area contributed by atoms with Crippen molar-refractivity contribution in [2.45, 2.75) is 32.7 Å². The van der Waals surface area contributed by atoms with Gasteiger partial charge in [-0.2, -0.15) is 5.26 Å². The number of anilines is 2. The third-order valence-electron chi connectivity index (χ3n) is 5.90. The maximum absolute atomic E-state index is 13.0. The van der Waals surface area contributed by atoms with Crippen LogP contribution in [0.15, 0.2) is 51.7 Å². The zero-order chi connectivity index (χ0) is 22.8. The highest BCUT2D eigenvalue weighted by molar-refractivity contribution is 5.94. The Morgan fingerprint density at radius 3 is 2.84 bits per heavy atom. The number of carbonyl (C=O) groups is 1. The second-order valence-corrected chi connectivity index (χ2v) is 8.31. The molecule has 32 heavy (non-hydrogen) atoms. The molecule has 4 rings (SSSR count). The molecule has 2 atom stereocenters. The highest BCUT2D eigenvalue weighted by atomic mass is 16.4. The topological polar surface area (TPSA) is 107 Å². The van der Waals surface area contributed by atoms with Gasteiger partial charge in [0.15, 0.2) is 11.3 Å². The van der Waals surface area contributed by atoms with Gasteiger partial charge in [0.1, 0.15) is 5.58 Å². The normalized spacial score (nSPS) is 17.0. The van der Waals surface area contributed by atoms with Gasteiger partial charge in [-0.25, -0.2) is 4.79 Å². The summed E-state index contributed by atoms with van der Waals surface area (Å²) in [6, 6.07) is 14.0. The number of piperidine rings is 1. The van der Waals surface area contributed by atoms with E-state index < -0.39 is 5.97 Å². The molecule has 0 saturated carbocycles. The van der Waals surface area contributed by atoms with Crippen LogP contribution in [0.3, 0.4) is 0 Å². The zero-order valence-corrected chi connectivity index (χ0v) is 18.1. The molecular weight excluding hydrogens is 406 g/mol. The van der Waals surface area contributed by atoms with E-state index in [9.17, 15) is 20.0 Å². The highest BCUT2D eigenvalue weighted by Gasteiger charge is 2.23. The number of benzene rings is 2. The number of nitrogens with one attached hydrogen (secondary N) is 1. The van der Waals surface area contributed by atoms with Crippen LogP contribution in [0.5, 0.6) is 0 Å². The summed E-state index contributed by atoms with van der Waals surface area (Å²) in [5.41, 5.74) is 2.69. The van der Waals surface area contributed by atoms with Crippen LogP contribution < -0.4 is 15.6 Å². The van der Waals surface area contributed by atoms with Gasteiger partial charge in [-0.05, 0) is 50.5 Å². The molecule has 1 unspecified atom stereocenters. The Balaban J connectivity index is 1.77. The number of aryl methyl sites for hydroxylation is 1. The summed E-state index contributed by atoms with van der Waals surface area (Å²) in [5, 5.41) is 22.6. The van der Waals surface area contributed by atoms with Crippen molar-refractivity contribution >= 4 is 28.5 Å². The van der Waals surface area contributed by atoms with Crippen molar-refractivity contribution in [3.63, 3.8) is 0 Å². The van der Waals surface area contributed by atoms with Crippen LogP contribution in [0.4, 0.5) is 11.6 Å². The first kappa shape index (κ1) is 21.4. The molecule has 1 aliphatic heterocycles. The summed E-state index contributed by atoms with van der Waals surface area (Å²) in [7, 11) is 0. The summed E-state index contributed by atoms with van der Waals surface area (Å²) in [6.45, 7) is 5.09. The van der Waals surface area contributed by atoms with Gasteiger partial charge in [-0.15, -0.1) is 0 Å². The standard InChI is InChI=1S/C25H25N3O4/c1-15-10-19(16(2)27-21-8-4-3-7-18(21)25(30)31)24-20(11-15)22(29)12-23(32-24)28-9-5-6-17(13-26)14-28/h3-4,7-8,10-12,16-17,27H,5-6,9,14H2,1-2H3,(H,30,31)/t16-,17?/m1/s1. The number of rotatable bonds is 5. The monoisotopic (exact) mass is 431 g/mol. The number of nitriles is 1. The molecular formula is C25H25N3O4. The fourth-order valence-electron chi connectivity index (χ4n) is 4.29. The van der Waals surface area contributed by atoms with Crippen LogP contribution in [0.2, 0.25) is 0 Å². The Labute approximate surface area is 185 Å². The first-order chi connectivity index (χ1) is 15.4. The van der Waals surface area contributed by atoms with Crippen molar-refractivity contribution in [1.29, 1.82) is 5.26 Å². The van der Waals surface area contributed by atoms with Crippen molar-refractivity contribution in [2.24, 2.45) is 5.92 Å². The lowest BCUT2D eigenvalue weighted by Gasteiger charge is -2.30. The van der Waals surface area contributed by atoms with E-state index in [4.69, 9.17) is 4.42 Å². The SMILES string of the molecule is Cc1cc([C@@H](C)Nc2ccccc2C(=O)O)c2oc(N3CCCC(C#N)C3)cc(=O)c2c1. The number of carboxylic acids is 1. The summed E-state index contributed by atoms with van der Waals surface area (Å²) < 4.78 is 6.26. The van der Waals surface area contributed by atoms with E-state index in [-0.39, 0.29) is 23.0 Å². The minimum Gasteiger partial charge on any atom is -0.478 e. The molecule has 2 aromatic carbocycles. The number of hydrogen-bond acceptors (Lipinski definition) is 6. The van der Waals surface area contributed by atoms with E-state index in [1.54, 1.807) is 30.3 Å². The van der Waals surface area contributed by atoms with Crippen LogP contribution in [-0.2, 0) is 0 Å². The van der Waals surface area contributed by atoms with Gasteiger partial charge in [-0.3, -0.25) is 4.79 Å². The van der Waals surface area contributed by atoms with Gasteiger partial charge in [0.2, 0.25) is 0 Å². The Kier molecular flexibility index (Phi) is 5.87. The minimum atomic E-state index is -1.01. The number of para-hydroxylation sites is 1. The first-order valence-corrected chi connectivity index (χ1v) is 10.7. The van der Waals surface area contributed by atoms with Gasteiger partial charge in [0, 0.05) is 30.4 Å². The van der Waals surface area contributed by atoms with Crippen molar-refractivity contribution in [1.82, 2.24) is 0 Å². The predicted octanol–water partition coefficient (Wildman–Crippen LogP) is 4.71. The molecule has 0 radical (unpaired) electrons. The van der Waals surface area contributed by atoms with Crippen LogP contribution >= 0.6 is 0 Å². The van der Waals surface area contributed by atoms with Gasteiger partial charge < -0.3 is 19.7 Å². The molecule has 2 heterocycles. The molecule has 164 valence electrons. The molecule has 1 saturated heterocycles. The minimum absolute atomic E-state index is 0.0876. The number of carboxylic acid groups (broad SMARTS) is 1. The Hall–Kier alpha value is -3.79. The van der Waals surface area contributed by atoms with Crippen LogP contribution in [0, 0.1) is 24.2 Å². The molecule has 7 heteroatoms. The van der Waals surface area contributed by atoms with E-state index >= 15 is 0 Å².